The predicted molar refractivity (Wildman–Crippen MR) is 68.3 cm³/mol. The van der Waals surface area contributed by atoms with E-state index >= 15 is 0 Å². The van der Waals surface area contributed by atoms with Gasteiger partial charge in [0.25, 0.3) is 0 Å². The first kappa shape index (κ1) is 12.4. The second-order valence-corrected chi connectivity index (χ2v) is 4.71. The minimum atomic E-state index is 0.615. The van der Waals surface area contributed by atoms with Gasteiger partial charge in [-0.1, -0.05) is 0 Å². The fraction of sp³-hybridized carbons (Fsp3) is 0.571. The molecule has 94 valence electrons. The molecule has 0 bridgehead atoms. The quantitative estimate of drug-likeness (QED) is 0.741. The Labute approximate surface area is 104 Å². The van der Waals surface area contributed by atoms with Crippen LogP contribution in [0.3, 0.4) is 0 Å². The summed E-state index contributed by atoms with van der Waals surface area (Å²) in [6.07, 6.45) is 0. The average Bonchev–Trinajstić information content (AvgIpc) is 2.40. The molecule has 0 fully saturated rings. The maximum absolute atomic E-state index is 5.36. The van der Waals surface area contributed by atoms with Crippen molar-refractivity contribution in [1.82, 2.24) is 0 Å². The molecule has 17 heavy (non-hydrogen) atoms. The largest absolute Gasteiger partial charge is 0.497 e. The van der Waals surface area contributed by atoms with Crippen LogP contribution in [0.2, 0.25) is 0 Å². The predicted octanol–water partition coefficient (Wildman–Crippen LogP) is -0.262. The number of likely N-dealkylation sites (N-methyl/N-ethyl adjacent to an activating group) is 1. The van der Waals surface area contributed by atoms with E-state index in [4.69, 9.17) is 4.74 Å². The standard InChI is InChI=1S/C14H22N2O/c1-4-16(5-2)14-10-15-9-11-6-7-12(17-3)8-13(11)14/h6-8,14-15H,4-5,9-10H2,1-3H3/p+2/t14-/m1/s1. The summed E-state index contributed by atoms with van der Waals surface area (Å²) in [4.78, 5) is 1.66. The Balaban J connectivity index is 2.34. The highest BCUT2D eigenvalue weighted by Crippen LogP contribution is 2.23. The van der Waals surface area contributed by atoms with Gasteiger partial charge in [-0.25, -0.2) is 0 Å². The molecule has 1 aromatic rings. The summed E-state index contributed by atoms with van der Waals surface area (Å²) in [5.41, 5.74) is 2.96. The lowest BCUT2D eigenvalue weighted by Gasteiger charge is -2.30. The van der Waals surface area contributed by atoms with E-state index in [9.17, 15) is 0 Å². The third kappa shape index (κ3) is 2.45. The first-order valence-electron chi connectivity index (χ1n) is 6.63. The maximum atomic E-state index is 5.36. The van der Waals surface area contributed by atoms with Crippen LogP contribution >= 0.6 is 0 Å². The van der Waals surface area contributed by atoms with Crippen molar-refractivity contribution >= 4 is 0 Å². The summed E-state index contributed by atoms with van der Waals surface area (Å²) in [5.74, 6) is 0.988. The molecular formula is C14H24N2O+2. The zero-order chi connectivity index (χ0) is 12.3. The minimum absolute atomic E-state index is 0.615. The van der Waals surface area contributed by atoms with E-state index in [2.05, 4.69) is 37.4 Å². The van der Waals surface area contributed by atoms with Crippen LogP contribution in [-0.2, 0) is 6.54 Å². The molecule has 1 aromatic carbocycles. The van der Waals surface area contributed by atoms with Crippen LogP contribution < -0.4 is 15.0 Å². The monoisotopic (exact) mass is 236 g/mol. The molecule has 1 heterocycles. The van der Waals surface area contributed by atoms with Crippen molar-refractivity contribution in [2.45, 2.75) is 26.4 Å². The van der Waals surface area contributed by atoms with Crippen LogP contribution in [0.5, 0.6) is 5.75 Å². The number of rotatable bonds is 4. The van der Waals surface area contributed by atoms with E-state index in [1.165, 1.54) is 30.8 Å². The van der Waals surface area contributed by atoms with Gasteiger partial charge in [0.15, 0.2) is 6.04 Å². The number of hydrogen-bond donors (Lipinski definition) is 2. The number of benzene rings is 1. The van der Waals surface area contributed by atoms with Crippen molar-refractivity contribution in [2.24, 2.45) is 0 Å². The van der Waals surface area contributed by atoms with E-state index in [-0.39, 0.29) is 0 Å². The number of methoxy groups -OCH3 is 1. The molecule has 0 aromatic heterocycles. The third-order valence-corrected chi connectivity index (χ3v) is 3.90. The summed E-state index contributed by atoms with van der Waals surface area (Å²) in [6.45, 7) is 9.21. The highest BCUT2D eigenvalue weighted by atomic mass is 16.5. The molecule has 0 spiro atoms. The molecule has 1 atom stereocenters. The fourth-order valence-corrected chi connectivity index (χ4v) is 2.87. The van der Waals surface area contributed by atoms with Crippen molar-refractivity contribution in [3.8, 4) is 5.75 Å². The van der Waals surface area contributed by atoms with Crippen LogP contribution in [0.15, 0.2) is 18.2 Å². The van der Waals surface area contributed by atoms with Crippen molar-refractivity contribution in [2.75, 3.05) is 26.7 Å². The normalized spacial score (nSPS) is 19.2. The molecule has 1 aliphatic rings. The summed E-state index contributed by atoms with van der Waals surface area (Å²) in [5, 5.41) is 2.42. The summed E-state index contributed by atoms with van der Waals surface area (Å²) in [7, 11) is 1.75. The van der Waals surface area contributed by atoms with Gasteiger partial charge in [-0.3, -0.25) is 0 Å². The molecular weight excluding hydrogens is 212 g/mol. The zero-order valence-electron chi connectivity index (χ0n) is 11.1. The van der Waals surface area contributed by atoms with Crippen LogP contribution in [0, 0.1) is 0 Å². The Bertz CT molecular complexity index is 374. The zero-order valence-corrected chi connectivity index (χ0v) is 11.1. The van der Waals surface area contributed by atoms with Gasteiger partial charge >= 0.3 is 0 Å². The lowest BCUT2D eigenvalue weighted by Crippen LogP contribution is -3.14. The lowest BCUT2D eigenvalue weighted by molar-refractivity contribution is -0.945. The molecule has 0 radical (unpaired) electrons. The smallest absolute Gasteiger partial charge is 0.163 e. The van der Waals surface area contributed by atoms with E-state index in [0.717, 1.165) is 12.3 Å². The van der Waals surface area contributed by atoms with Gasteiger partial charge < -0.3 is 15.0 Å². The maximum Gasteiger partial charge on any atom is 0.163 e. The van der Waals surface area contributed by atoms with Gasteiger partial charge in [-0.2, -0.15) is 0 Å². The van der Waals surface area contributed by atoms with Crippen LogP contribution in [0.25, 0.3) is 0 Å². The molecule has 0 amide bonds. The topological polar surface area (TPSA) is 30.3 Å². The average molecular weight is 236 g/mol. The van der Waals surface area contributed by atoms with Crippen molar-refractivity contribution < 1.29 is 15.0 Å². The molecule has 3 N–H and O–H groups in total. The van der Waals surface area contributed by atoms with Crippen molar-refractivity contribution in [3.63, 3.8) is 0 Å². The Kier molecular flexibility index (Phi) is 4.02. The van der Waals surface area contributed by atoms with Crippen LogP contribution in [0.1, 0.15) is 31.0 Å². The highest BCUT2D eigenvalue weighted by Gasteiger charge is 2.30. The molecule has 1 aliphatic heterocycles. The first-order chi connectivity index (χ1) is 8.30. The van der Waals surface area contributed by atoms with Crippen LogP contribution in [0.4, 0.5) is 0 Å². The number of ether oxygens (including phenoxy) is 1. The molecule has 3 nitrogen and oxygen atoms in total. The summed E-state index contributed by atoms with van der Waals surface area (Å²) in [6, 6.07) is 7.15. The second kappa shape index (κ2) is 5.52. The summed E-state index contributed by atoms with van der Waals surface area (Å²) < 4.78 is 5.36. The SMILES string of the molecule is CC[NH+](CC)[C@@H]1C[NH2+]Cc2ccc(OC)cc21. The van der Waals surface area contributed by atoms with Crippen LogP contribution in [-0.4, -0.2) is 26.7 Å². The van der Waals surface area contributed by atoms with Gasteiger partial charge in [0, 0.05) is 11.1 Å². The lowest BCUT2D eigenvalue weighted by atomic mass is 9.95. The van der Waals surface area contributed by atoms with Gasteiger partial charge in [0.1, 0.15) is 18.8 Å². The molecule has 0 saturated carbocycles. The van der Waals surface area contributed by atoms with Crippen molar-refractivity contribution in [3.05, 3.63) is 29.3 Å². The first-order valence-corrected chi connectivity index (χ1v) is 6.63. The molecule has 0 unspecified atom stereocenters. The molecule has 3 heteroatoms. The summed E-state index contributed by atoms with van der Waals surface area (Å²) >= 11 is 0. The van der Waals surface area contributed by atoms with E-state index < -0.39 is 0 Å². The van der Waals surface area contributed by atoms with Gasteiger partial charge in [-0.05, 0) is 32.0 Å². The van der Waals surface area contributed by atoms with E-state index in [1.54, 1.807) is 12.0 Å². The Morgan fingerprint density at radius 2 is 2.12 bits per heavy atom. The van der Waals surface area contributed by atoms with Crippen molar-refractivity contribution in [1.29, 1.82) is 0 Å². The Morgan fingerprint density at radius 3 is 2.76 bits per heavy atom. The number of nitrogens with two attached hydrogens (primary N) is 1. The second-order valence-electron chi connectivity index (χ2n) is 4.71. The molecule has 0 aliphatic carbocycles. The highest BCUT2D eigenvalue weighted by molar-refractivity contribution is 5.37. The Morgan fingerprint density at radius 1 is 1.35 bits per heavy atom. The fourth-order valence-electron chi connectivity index (χ4n) is 2.87. The van der Waals surface area contributed by atoms with Gasteiger partial charge in [0.2, 0.25) is 0 Å². The van der Waals surface area contributed by atoms with E-state index in [1.807, 2.05) is 0 Å². The Hall–Kier alpha value is -1.06. The molecule has 2 rings (SSSR count). The minimum Gasteiger partial charge on any atom is -0.497 e. The van der Waals surface area contributed by atoms with E-state index in [0.29, 0.717) is 6.04 Å². The third-order valence-electron chi connectivity index (χ3n) is 3.90. The molecule has 0 saturated heterocycles. The van der Waals surface area contributed by atoms with Gasteiger partial charge in [-0.15, -0.1) is 0 Å². The number of quaternary nitrogens is 2. The number of hydrogen-bond acceptors (Lipinski definition) is 1. The van der Waals surface area contributed by atoms with Gasteiger partial charge in [0.05, 0.1) is 20.2 Å². The number of nitrogens with one attached hydrogen (secondary N) is 1. The number of fused-ring (bicyclic) bond motifs is 1.